The first-order valence-corrected chi connectivity index (χ1v) is 18.0. The van der Waals surface area contributed by atoms with Gasteiger partial charge in [0, 0.05) is 0 Å². The average molecular weight is 513 g/mol. The molecule has 0 aromatic carbocycles. The maximum absolute atomic E-state index is 2.62. The molecule has 0 nitrogen and oxygen atoms in total. The van der Waals surface area contributed by atoms with Crippen LogP contribution in [-0.4, -0.2) is 0 Å². The van der Waals surface area contributed by atoms with Crippen molar-refractivity contribution in [2.45, 2.75) is 164 Å². The Morgan fingerprint density at radius 2 is 1.24 bits per heavy atom. The zero-order valence-electron chi connectivity index (χ0n) is 26.4. The van der Waals surface area contributed by atoms with Crippen LogP contribution in [-0.2, 0) is 0 Å². The van der Waals surface area contributed by atoms with Gasteiger partial charge < -0.3 is 0 Å². The third-order valence-electron chi connectivity index (χ3n) is 13.3. The molecule has 5 fully saturated rings. The number of hydrogen-bond acceptors (Lipinski definition) is 0. The van der Waals surface area contributed by atoms with Crippen LogP contribution in [0.25, 0.3) is 0 Å². The van der Waals surface area contributed by atoms with Crippen LogP contribution < -0.4 is 0 Å². The Kier molecular flexibility index (Phi) is 11.8. The number of unbranched alkanes of at least 4 members (excludes halogenated alkanes) is 1. The first kappa shape index (κ1) is 30.0. The zero-order chi connectivity index (χ0) is 26.4. The summed E-state index contributed by atoms with van der Waals surface area (Å²) in [6, 6.07) is 0. The van der Waals surface area contributed by atoms with Crippen LogP contribution in [0, 0.1) is 71.0 Å². The molecular weight excluding hydrogens is 444 g/mol. The van der Waals surface area contributed by atoms with E-state index in [1.54, 1.807) is 51.4 Å². The molecule has 0 spiro atoms. The third-order valence-corrected chi connectivity index (χ3v) is 13.3. The lowest BCUT2D eigenvalue weighted by Crippen LogP contribution is -2.44. The topological polar surface area (TPSA) is 0 Å². The van der Waals surface area contributed by atoms with Gasteiger partial charge in [-0.3, -0.25) is 0 Å². The smallest absolute Gasteiger partial charge is 0.0321 e. The predicted molar refractivity (Wildman–Crippen MR) is 164 cm³/mol. The normalized spacial score (nSPS) is 46.2. The van der Waals surface area contributed by atoms with E-state index in [4.69, 9.17) is 0 Å². The highest BCUT2D eigenvalue weighted by Crippen LogP contribution is 2.57. The Morgan fingerprint density at radius 1 is 0.541 bits per heavy atom. The van der Waals surface area contributed by atoms with Gasteiger partial charge in [-0.15, -0.1) is 0 Å². The number of rotatable bonds is 7. The summed E-state index contributed by atoms with van der Waals surface area (Å²) in [7, 11) is 0. The van der Waals surface area contributed by atoms with E-state index < -0.39 is 0 Å². The fraction of sp³-hybridized carbons (Fsp3) is 1.00. The highest BCUT2D eigenvalue weighted by Gasteiger charge is 2.48. The molecule has 0 amide bonds. The van der Waals surface area contributed by atoms with Crippen molar-refractivity contribution in [3.8, 4) is 0 Å². The van der Waals surface area contributed by atoms with E-state index in [0.717, 1.165) is 71.0 Å². The molecule has 5 aliphatic rings. The monoisotopic (exact) mass is 513 g/mol. The summed E-state index contributed by atoms with van der Waals surface area (Å²) in [6.07, 6.45) is 28.9. The van der Waals surface area contributed by atoms with E-state index in [0.29, 0.717) is 0 Å². The molecule has 0 saturated heterocycles. The summed E-state index contributed by atoms with van der Waals surface area (Å²) in [4.78, 5) is 0. The Bertz CT molecular complexity index is 636. The molecular formula is C37H68. The van der Waals surface area contributed by atoms with Gasteiger partial charge in [0.05, 0.1) is 0 Å². The summed E-state index contributed by atoms with van der Waals surface area (Å²) < 4.78 is 0. The second kappa shape index (κ2) is 14.6. The minimum atomic E-state index is 1.00. The van der Waals surface area contributed by atoms with Crippen LogP contribution in [0.5, 0.6) is 0 Å². The quantitative estimate of drug-likeness (QED) is 0.318. The second-order valence-electron chi connectivity index (χ2n) is 15.5. The van der Waals surface area contributed by atoms with Gasteiger partial charge in [0.15, 0.2) is 0 Å². The molecule has 0 aromatic rings. The average Bonchev–Trinajstić information content (AvgIpc) is 3.56. The number of hydrogen-bond donors (Lipinski definition) is 0. The van der Waals surface area contributed by atoms with Crippen molar-refractivity contribution in [3.63, 3.8) is 0 Å². The summed E-state index contributed by atoms with van der Waals surface area (Å²) >= 11 is 0. The van der Waals surface area contributed by atoms with Crippen molar-refractivity contribution in [2.75, 3.05) is 0 Å². The van der Waals surface area contributed by atoms with Crippen LogP contribution in [0.2, 0.25) is 0 Å². The molecule has 5 saturated carbocycles. The van der Waals surface area contributed by atoms with Gasteiger partial charge >= 0.3 is 0 Å². The Balaban J connectivity index is 0.000000186. The zero-order valence-corrected chi connectivity index (χ0v) is 26.4. The van der Waals surface area contributed by atoms with E-state index in [-0.39, 0.29) is 0 Å². The first-order chi connectivity index (χ1) is 18.0. The van der Waals surface area contributed by atoms with Crippen LogP contribution in [0.3, 0.4) is 0 Å². The molecule has 12 unspecified atom stereocenters. The maximum Gasteiger partial charge on any atom is -0.0321 e. The Hall–Kier alpha value is 0. The van der Waals surface area contributed by atoms with Crippen molar-refractivity contribution in [1.82, 2.24) is 0 Å². The second-order valence-corrected chi connectivity index (χ2v) is 15.5. The molecule has 0 N–H and O–H groups in total. The van der Waals surface area contributed by atoms with Crippen molar-refractivity contribution in [3.05, 3.63) is 0 Å². The van der Waals surface area contributed by atoms with Crippen molar-refractivity contribution < 1.29 is 0 Å². The summed E-state index contributed by atoms with van der Waals surface area (Å²) in [6.45, 7) is 14.8. The van der Waals surface area contributed by atoms with Gasteiger partial charge in [-0.05, 0) is 122 Å². The highest BCUT2D eigenvalue weighted by molar-refractivity contribution is 4.98. The lowest BCUT2D eigenvalue weighted by Gasteiger charge is -2.51. The van der Waals surface area contributed by atoms with Crippen molar-refractivity contribution in [2.24, 2.45) is 71.0 Å². The van der Waals surface area contributed by atoms with Crippen LogP contribution >= 0.6 is 0 Å². The largest absolute Gasteiger partial charge is 0.0654 e. The summed E-state index contributed by atoms with van der Waals surface area (Å²) in [5, 5.41) is 0. The molecule has 0 radical (unpaired) electrons. The van der Waals surface area contributed by atoms with E-state index in [1.807, 2.05) is 0 Å². The third kappa shape index (κ3) is 7.40. The van der Waals surface area contributed by atoms with Crippen LogP contribution in [0.15, 0.2) is 0 Å². The fourth-order valence-corrected chi connectivity index (χ4v) is 11.1. The van der Waals surface area contributed by atoms with E-state index in [2.05, 4.69) is 41.5 Å². The minimum Gasteiger partial charge on any atom is -0.0654 e. The van der Waals surface area contributed by atoms with Gasteiger partial charge in [0.25, 0.3) is 0 Å². The molecule has 0 aromatic heterocycles. The Morgan fingerprint density at radius 3 is 1.95 bits per heavy atom. The molecule has 0 aliphatic heterocycles. The van der Waals surface area contributed by atoms with Gasteiger partial charge in [0.2, 0.25) is 0 Å². The van der Waals surface area contributed by atoms with Gasteiger partial charge in [-0.1, -0.05) is 112 Å². The summed E-state index contributed by atoms with van der Waals surface area (Å²) in [5.41, 5.74) is 0. The Labute approximate surface area is 234 Å². The molecule has 0 heterocycles. The molecule has 0 bridgehead atoms. The van der Waals surface area contributed by atoms with Crippen LogP contribution in [0.4, 0.5) is 0 Å². The lowest BCUT2D eigenvalue weighted by atomic mass is 9.54. The maximum atomic E-state index is 2.62. The molecule has 0 heteroatoms. The van der Waals surface area contributed by atoms with Crippen molar-refractivity contribution in [1.29, 1.82) is 0 Å². The van der Waals surface area contributed by atoms with Gasteiger partial charge in [-0.25, -0.2) is 0 Å². The number of fused-ring (bicyclic) bond motifs is 1. The van der Waals surface area contributed by atoms with Gasteiger partial charge in [-0.2, -0.15) is 0 Å². The van der Waals surface area contributed by atoms with E-state index in [1.165, 1.54) is 70.6 Å². The first-order valence-electron chi connectivity index (χ1n) is 18.0. The fourth-order valence-electron chi connectivity index (χ4n) is 11.1. The SMILES string of the molecule is CCC1CC(C2CCC(C)C2)CCC1C.CCCCC1C(C)CC2CCCC2C1C1CCCCC1CC. The molecule has 5 rings (SSSR count). The van der Waals surface area contributed by atoms with E-state index >= 15 is 0 Å². The van der Waals surface area contributed by atoms with Crippen molar-refractivity contribution >= 4 is 0 Å². The predicted octanol–water partition coefficient (Wildman–Crippen LogP) is 12.0. The molecule has 5 aliphatic carbocycles. The minimum absolute atomic E-state index is 1.00. The standard InChI is InChI=1S/C22H40.C15H28/c1-4-6-12-19-16(3)15-18-11-9-14-21(18)22(19)20-13-8-7-10-17(20)5-2;1-4-13-10-15(8-6-12(13)3)14-7-5-11(2)9-14/h16-22H,4-15H2,1-3H3;11-15H,4-10H2,1-3H3. The highest BCUT2D eigenvalue weighted by atomic mass is 14.5. The van der Waals surface area contributed by atoms with E-state index in [9.17, 15) is 0 Å². The van der Waals surface area contributed by atoms with Crippen LogP contribution in [0.1, 0.15) is 164 Å². The van der Waals surface area contributed by atoms with Gasteiger partial charge in [0.1, 0.15) is 0 Å². The molecule has 37 heavy (non-hydrogen) atoms. The molecule has 12 atom stereocenters. The summed E-state index contributed by atoms with van der Waals surface area (Å²) in [5.74, 6) is 12.8. The molecule has 216 valence electrons. The lowest BCUT2D eigenvalue weighted by molar-refractivity contribution is -0.0197.